The molecule has 0 spiro atoms. The zero-order valence-electron chi connectivity index (χ0n) is 11.5. The largest absolute Gasteiger partial charge is 0.393 e. The van der Waals surface area contributed by atoms with Gasteiger partial charge in [-0.3, -0.25) is 9.59 Å². The van der Waals surface area contributed by atoms with Gasteiger partial charge in [0.15, 0.2) is 0 Å². The smallest absolute Gasteiger partial charge is 0.242 e. The zero-order valence-corrected chi connectivity index (χ0v) is 11.5. The van der Waals surface area contributed by atoms with Crippen molar-refractivity contribution in [3.8, 4) is 0 Å². The lowest BCUT2D eigenvalue weighted by atomic mass is 9.92. The summed E-state index contributed by atoms with van der Waals surface area (Å²) < 4.78 is 0. The number of likely N-dealkylation sites (tertiary alicyclic amines) is 1. The molecule has 2 aliphatic heterocycles. The molecule has 2 fully saturated rings. The monoisotopic (exact) mass is 269 g/mol. The average Bonchev–Trinajstić information content (AvgIpc) is 2.41. The van der Waals surface area contributed by atoms with E-state index in [1.54, 1.807) is 4.90 Å². The molecule has 108 valence electrons. The summed E-state index contributed by atoms with van der Waals surface area (Å²) in [6.07, 6.45) is 1.39. The van der Waals surface area contributed by atoms with Gasteiger partial charge in [-0.2, -0.15) is 0 Å². The Bertz CT molecular complexity index is 338. The van der Waals surface area contributed by atoms with Gasteiger partial charge >= 0.3 is 0 Å². The van der Waals surface area contributed by atoms with Gasteiger partial charge in [-0.05, 0) is 25.7 Å². The van der Waals surface area contributed by atoms with Crippen LogP contribution in [-0.2, 0) is 9.59 Å². The number of piperazine rings is 1. The lowest BCUT2D eigenvalue weighted by molar-refractivity contribution is -0.142. The van der Waals surface area contributed by atoms with Crippen molar-refractivity contribution in [3.05, 3.63) is 0 Å². The summed E-state index contributed by atoms with van der Waals surface area (Å²) in [5.74, 6) is 0.322. The van der Waals surface area contributed by atoms with Crippen molar-refractivity contribution in [1.29, 1.82) is 0 Å². The molecule has 2 aliphatic rings. The standard InChI is InChI=1S/C13H23N3O3/c1-10(17)11-2-5-15(6-3-11)13(19)9-16-7-4-14-8-12(16)18/h10-11,14,17H,2-9H2,1H3/t10-/m0/s1. The van der Waals surface area contributed by atoms with E-state index >= 15 is 0 Å². The first-order valence-electron chi connectivity index (χ1n) is 7.02. The van der Waals surface area contributed by atoms with Crippen LogP contribution < -0.4 is 5.32 Å². The minimum atomic E-state index is -0.299. The van der Waals surface area contributed by atoms with Crippen LogP contribution in [0.25, 0.3) is 0 Å². The fourth-order valence-electron chi connectivity index (χ4n) is 2.71. The summed E-state index contributed by atoms with van der Waals surface area (Å²) in [4.78, 5) is 27.2. The van der Waals surface area contributed by atoms with E-state index < -0.39 is 0 Å². The molecule has 2 rings (SSSR count). The zero-order chi connectivity index (χ0) is 13.8. The second kappa shape index (κ2) is 6.34. The molecule has 2 amide bonds. The number of hydrogen-bond donors (Lipinski definition) is 2. The minimum Gasteiger partial charge on any atom is -0.393 e. The van der Waals surface area contributed by atoms with E-state index in [-0.39, 0.29) is 24.5 Å². The summed E-state index contributed by atoms with van der Waals surface area (Å²) in [5.41, 5.74) is 0. The maximum atomic E-state index is 12.1. The third kappa shape index (κ3) is 3.67. The van der Waals surface area contributed by atoms with Crippen molar-refractivity contribution in [1.82, 2.24) is 15.1 Å². The normalized spacial score (nSPS) is 23.6. The second-order valence-corrected chi connectivity index (χ2v) is 5.45. The molecule has 0 saturated carbocycles. The van der Waals surface area contributed by atoms with E-state index in [1.165, 1.54) is 0 Å². The third-order valence-corrected chi connectivity index (χ3v) is 4.09. The van der Waals surface area contributed by atoms with Crippen LogP contribution in [0.4, 0.5) is 0 Å². The second-order valence-electron chi connectivity index (χ2n) is 5.45. The predicted molar refractivity (Wildman–Crippen MR) is 70.4 cm³/mol. The molecule has 6 heteroatoms. The molecule has 0 aromatic heterocycles. The van der Waals surface area contributed by atoms with Crippen LogP contribution in [-0.4, -0.2) is 72.1 Å². The number of hydrogen-bond acceptors (Lipinski definition) is 4. The topological polar surface area (TPSA) is 72.9 Å². The average molecular weight is 269 g/mol. The maximum absolute atomic E-state index is 12.1. The predicted octanol–water partition coefficient (Wildman–Crippen LogP) is -0.962. The van der Waals surface area contributed by atoms with Gasteiger partial charge in [0.25, 0.3) is 0 Å². The lowest BCUT2D eigenvalue weighted by Gasteiger charge is -2.35. The number of nitrogens with one attached hydrogen (secondary N) is 1. The number of piperidine rings is 1. The Morgan fingerprint density at radius 1 is 1.42 bits per heavy atom. The molecular weight excluding hydrogens is 246 g/mol. The molecule has 2 heterocycles. The van der Waals surface area contributed by atoms with Crippen molar-refractivity contribution in [3.63, 3.8) is 0 Å². The Kier molecular flexibility index (Phi) is 4.76. The molecule has 0 unspecified atom stereocenters. The number of nitrogens with zero attached hydrogens (tertiary/aromatic N) is 2. The molecule has 1 atom stereocenters. The molecular formula is C13H23N3O3. The van der Waals surface area contributed by atoms with Gasteiger partial charge in [-0.1, -0.05) is 0 Å². The summed E-state index contributed by atoms with van der Waals surface area (Å²) in [5, 5.41) is 12.5. The van der Waals surface area contributed by atoms with Crippen LogP contribution in [0, 0.1) is 5.92 Å². The minimum absolute atomic E-state index is 0.00142. The Labute approximate surface area is 113 Å². The van der Waals surface area contributed by atoms with E-state index in [1.807, 2.05) is 11.8 Å². The van der Waals surface area contributed by atoms with Crippen molar-refractivity contribution in [2.24, 2.45) is 5.92 Å². The Morgan fingerprint density at radius 3 is 2.68 bits per heavy atom. The first kappa shape index (κ1) is 14.3. The number of aliphatic hydroxyl groups is 1. The highest BCUT2D eigenvalue weighted by Gasteiger charge is 2.27. The Hall–Kier alpha value is -1.14. The molecule has 0 aromatic carbocycles. The van der Waals surface area contributed by atoms with Crippen LogP contribution in [0.5, 0.6) is 0 Å². The number of carbonyl (C=O) groups is 2. The van der Waals surface area contributed by atoms with E-state index in [0.29, 0.717) is 32.1 Å². The van der Waals surface area contributed by atoms with Gasteiger partial charge in [0.1, 0.15) is 0 Å². The molecule has 0 aliphatic carbocycles. The third-order valence-electron chi connectivity index (χ3n) is 4.09. The molecule has 0 aromatic rings. The lowest BCUT2D eigenvalue weighted by Crippen LogP contribution is -2.52. The molecule has 19 heavy (non-hydrogen) atoms. The van der Waals surface area contributed by atoms with Crippen molar-refractivity contribution in [2.45, 2.75) is 25.9 Å². The van der Waals surface area contributed by atoms with E-state index in [4.69, 9.17) is 0 Å². The fraction of sp³-hybridized carbons (Fsp3) is 0.846. The van der Waals surface area contributed by atoms with Gasteiger partial charge in [-0.15, -0.1) is 0 Å². The van der Waals surface area contributed by atoms with Gasteiger partial charge < -0.3 is 20.2 Å². The molecule has 2 saturated heterocycles. The van der Waals surface area contributed by atoms with Crippen molar-refractivity contribution in [2.75, 3.05) is 39.3 Å². The SMILES string of the molecule is C[C@H](O)C1CCN(C(=O)CN2CCNCC2=O)CC1. The van der Waals surface area contributed by atoms with Crippen molar-refractivity contribution < 1.29 is 14.7 Å². The van der Waals surface area contributed by atoms with Gasteiger partial charge in [0, 0.05) is 26.2 Å². The summed E-state index contributed by atoms with van der Waals surface area (Å²) in [6, 6.07) is 0. The molecule has 0 bridgehead atoms. The van der Waals surface area contributed by atoms with Gasteiger partial charge in [-0.25, -0.2) is 0 Å². The number of carbonyl (C=O) groups excluding carboxylic acids is 2. The van der Waals surface area contributed by atoms with Gasteiger partial charge in [0.05, 0.1) is 19.2 Å². The highest BCUT2D eigenvalue weighted by atomic mass is 16.3. The quantitative estimate of drug-likeness (QED) is 0.692. The first-order chi connectivity index (χ1) is 9.08. The van der Waals surface area contributed by atoms with Gasteiger partial charge in [0.2, 0.25) is 11.8 Å². The maximum Gasteiger partial charge on any atom is 0.242 e. The number of rotatable bonds is 3. The van der Waals surface area contributed by atoms with E-state index in [9.17, 15) is 14.7 Å². The highest BCUT2D eigenvalue weighted by molar-refractivity contribution is 5.86. The van der Waals surface area contributed by atoms with Crippen LogP contribution in [0.3, 0.4) is 0 Å². The highest BCUT2D eigenvalue weighted by Crippen LogP contribution is 2.20. The molecule has 6 nitrogen and oxygen atoms in total. The molecule has 0 radical (unpaired) electrons. The van der Waals surface area contributed by atoms with E-state index in [2.05, 4.69) is 5.32 Å². The summed E-state index contributed by atoms with van der Waals surface area (Å²) >= 11 is 0. The van der Waals surface area contributed by atoms with Crippen molar-refractivity contribution >= 4 is 11.8 Å². The molecule has 2 N–H and O–H groups in total. The number of amides is 2. The fourth-order valence-corrected chi connectivity index (χ4v) is 2.71. The van der Waals surface area contributed by atoms with Crippen LogP contribution in [0.1, 0.15) is 19.8 Å². The van der Waals surface area contributed by atoms with Crippen LogP contribution in [0.15, 0.2) is 0 Å². The van der Waals surface area contributed by atoms with E-state index in [0.717, 1.165) is 19.4 Å². The number of aliphatic hydroxyl groups excluding tert-OH is 1. The van der Waals surface area contributed by atoms with Crippen LogP contribution in [0.2, 0.25) is 0 Å². The summed E-state index contributed by atoms with van der Waals surface area (Å²) in [7, 11) is 0. The first-order valence-corrected chi connectivity index (χ1v) is 7.02. The Morgan fingerprint density at radius 2 is 2.11 bits per heavy atom. The summed E-state index contributed by atoms with van der Waals surface area (Å²) in [6.45, 7) is 5.07. The Balaban J connectivity index is 1.79. The van der Waals surface area contributed by atoms with Crippen LogP contribution >= 0.6 is 0 Å².